The van der Waals surface area contributed by atoms with Crippen LogP contribution in [0.5, 0.6) is 11.5 Å². The first kappa shape index (κ1) is 20.3. The molecule has 1 unspecified atom stereocenters. The van der Waals surface area contributed by atoms with E-state index in [-0.39, 0.29) is 6.04 Å². The number of fused-ring (bicyclic) bond motifs is 1. The molecule has 0 fully saturated rings. The SMILES string of the molecule is CCOc1cc(CNC2CCCc3c2cnn3-c2cc(F)cc(F)c2)ccc1OC. The summed E-state index contributed by atoms with van der Waals surface area (Å²) in [5.41, 5.74) is 3.56. The minimum Gasteiger partial charge on any atom is -0.493 e. The summed E-state index contributed by atoms with van der Waals surface area (Å²) in [4.78, 5) is 0. The number of aromatic nitrogens is 2. The molecule has 1 aliphatic rings. The van der Waals surface area contributed by atoms with Crippen LogP contribution in [0.25, 0.3) is 5.69 Å². The fraction of sp³-hybridized carbons (Fsp3) is 0.348. The summed E-state index contributed by atoms with van der Waals surface area (Å²) in [5.74, 6) is 0.224. The lowest BCUT2D eigenvalue weighted by Gasteiger charge is -2.24. The number of methoxy groups -OCH3 is 1. The van der Waals surface area contributed by atoms with E-state index >= 15 is 0 Å². The molecular weight excluding hydrogens is 388 g/mol. The zero-order valence-electron chi connectivity index (χ0n) is 17.1. The molecule has 1 aliphatic carbocycles. The second-order valence-corrected chi connectivity index (χ2v) is 7.33. The average Bonchev–Trinajstić information content (AvgIpc) is 3.17. The average molecular weight is 413 g/mol. The molecule has 30 heavy (non-hydrogen) atoms. The van der Waals surface area contributed by atoms with Gasteiger partial charge in [-0.25, -0.2) is 13.5 Å². The van der Waals surface area contributed by atoms with E-state index < -0.39 is 11.6 Å². The van der Waals surface area contributed by atoms with Gasteiger partial charge in [-0.1, -0.05) is 6.07 Å². The van der Waals surface area contributed by atoms with Crippen molar-refractivity contribution in [3.63, 3.8) is 0 Å². The Hall–Kier alpha value is -2.93. The summed E-state index contributed by atoms with van der Waals surface area (Å²) < 4.78 is 40.0. The second-order valence-electron chi connectivity index (χ2n) is 7.33. The van der Waals surface area contributed by atoms with Crippen LogP contribution in [0.15, 0.2) is 42.6 Å². The van der Waals surface area contributed by atoms with Crippen LogP contribution >= 0.6 is 0 Å². The van der Waals surface area contributed by atoms with Crippen LogP contribution in [-0.4, -0.2) is 23.5 Å². The van der Waals surface area contributed by atoms with Crippen LogP contribution in [0.4, 0.5) is 8.78 Å². The van der Waals surface area contributed by atoms with Crippen LogP contribution in [0.3, 0.4) is 0 Å². The van der Waals surface area contributed by atoms with E-state index in [1.165, 1.54) is 12.1 Å². The highest BCUT2D eigenvalue weighted by molar-refractivity contribution is 5.43. The third-order valence-corrected chi connectivity index (χ3v) is 5.36. The molecule has 0 amide bonds. The quantitative estimate of drug-likeness (QED) is 0.609. The van der Waals surface area contributed by atoms with Crippen molar-refractivity contribution < 1.29 is 18.3 Å². The Balaban J connectivity index is 1.53. The lowest BCUT2D eigenvalue weighted by Crippen LogP contribution is -2.25. The van der Waals surface area contributed by atoms with E-state index in [0.717, 1.165) is 47.9 Å². The Morgan fingerprint density at radius 1 is 1.13 bits per heavy atom. The summed E-state index contributed by atoms with van der Waals surface area (Å²) in [6, 6.07) is 9.51. The van der Waals surface area contributed by atoms with Gasteiger partial charge in [-0.2, -0.15) is 5.10 Å². The van der Waals surface area contributed by atoms with Gasteiger partial charge in [0.25, 0.3) is 0 Å². The van der Waals surface area contributed by atoms with Gasteiger partial charge in [-0.3, -0.25) is 0 Å². The number of benzene rings is 2. The minimum atomic E-state index is -0.607. The number of rotatable bonds is 7. The molecule has 2 aromatic carbocycles. The maximum absolute atomic E-state index is 13.7. The third kappa shape index (κ3) is 4.16. The Morgan fingerprint density at radius 2 is 1.93 bits per heavy atom. The van der Waals surface area contributed by atoms with Crippen LogP contribution in [0.1, 0.15) is 42.6 Å². The number of hydrogen-bond acceptors (Lipinski definition) is 4. The summed E-state index contributed by atoms with van der Waals surface area (Å²) in [5, 5.41) is 8.01. The van der Waals surface area contributed by atoms with Gasteiger partial charge < -0.3 is 14.8 Å². The number of nitrogens with zero attached hydrogens (tertiary/aromatic N) is 2. The molecule has 7 heteroatoms. The van der Waals surface area contributed by atoms with Crippen molar-refractivity contribution >= 4 is 0 Å². The summed E-state index contributed by atoms with van der Waals surface area (Å²) in [6.45, 7) is 3.17. The van der Waals surface area contributed by atoms with Crippen molar-refractivity contribution in [1.82, 2.24) is 15.1 Å². The van der Waals surface area contributed by atoms with E-state index in [4.69, 9.17) is 9.47 Å². The van der Waals surface area contributed by atoms with Crippen LogP contribution in [0.2, 0.25) is 0 Å². The van der Waals surface area contributed by atoms with Crippen molar-refractivity contribution in [3.8, 4) is 17.2 Å². The van der Waals surface area contributed by atoms with Crippen molar-refractivity contribution in [1.29, 1.82) is 0 Å². The van der Waals surface area contributed by atoms with Gasteiger partial charge in [0.1, 0.15) is 11.6 Å². The molecule has 1 N–H and O–H groups in total. The smallest absolute Gasteiger partial charge is 0.161 e. The molecule has 1 atom stereocenters. The molecule has 4 rings (SSSR count). The highest BCUT2D eigenvalue weighted by Gasteiger charge is 2.25. The molecule has 5 nitrogen and oxygen atoms in total. The van der Waals surface area contributed by atoms with Gasteiger partial charge in [0, 0.05) is 29.9 Å². The fourth-order valence-electron chi connectivity index (χ4n) is 3.99. The highest BCUT2D eigenvalue weighted by Crippen LogP contribution is 2.32. The molecule has 0 saturated heterocycles. The van der Waals surface area contributed by atoms with E-state index in [9.17, 15) is 8.78 Å². The molecule has 1 heterocycles. The highest BCUT2D eigenvalue weighted by atomic mass is 19.1. The number of hydrogen-bond donors (Lipinski definition) is 1. The first-order valence-electron chi connectivity index (χ1n) is 10.2. The van der Waals surface area contributed by atoms with Crippen LogP contribution in [0, 0.1) is 11.6 Å². The predicted octanol–water partition coefficient (Wildman–Crippen LogP) is 4.73. The van der Waals surface area contributed by atoms with Gasteiger partial charge in [-0.15, -0.1) is 0 Å². The Morgan fingerprint density at radius 3 is 2.67 bits per heavy atom. The number of halogens is 2. The van der Waals surface area contributed by atoms with Gasteiger partial charge >= 0.3 is 0 Å². The second kappa shape index (κ2) is 8.83. The molecule has 0 spiro atoms. The zero-order valence-corrected chi connectivity index (χ0v) is 17.1. The number of nitrogens with one attached hydrogen (secondary N) is 1. The fourth-order valence-corrected chi connectivity index (χ4v) is 3.99. The number of ether oxygens (including phenoxy) is 2. The summed E-state index contributed by atoms with van der Waals surface area (Å²) >= 11 is 0. The van der Waals surface area contributed by atoms with E-state index in [0.29, 0.717) is 24.6 Å². The van der Waals surface area contributed by atoms with Crippen molar-refractivity contribution in [3.05, 3.63) is 71.1 Å². The van der Waals surface area contributed by atoms with E-state index in [1.54, 1.807) is 18.0 Å². The summed E-state index contributed by atoms with van der Waals surface area (Å²) in [6.07, 6.45) is 4.57. The van der Waals surface area contributed by atoms with Gasteiger partial charge in [-0.05, 0) is 56.0 Å². The Bertz CT molecular complexity index is 1020. The monoisotopic (exact) mass is 413 g/mol. The molecule has 1 aromatic heterocycles. The molecular formula is C23H25F2N3O2. The molecule has 0 aliphatic heterocycles. The van der Waals surface area contributed by atoms with E-state index in [1.807, 2.05) is 25.1 Å². The first-order valence-corrected chi connectivity index (χ1v) is 10.2. The van der Waals surface area contributed by atoms with Crippen molar-refractivity contribution in [2.45, 2.75) is 38.8 Å². The first-order chi connectivity index (χ1) is 14.6. The lowest BCUT2D eigenvalue weighted by molar-refractivity contribution is 0.310. The largest absolute Gasteiger partial charge is 0.493 e. The standard InChI is InChI=1S/C23H25F2N3O2/c1-3-30-23-9-15(7-8-22(23)29-2)13-26-20-5-4-6-21-19(20)14-27-28(21)18-11-16(24)10-17(25)12-18/h7-12,14,20,26H,3-6,13H2,1-2H3. The lowest BCUT2D eigenvalue weighted by atomic mass is 9.92. The third-order valence-electron chi connectivity index (χ3n) is 5.36. The molecule has 3 aromatic rings. The molecule has 158 valence electrons. The zero-order chi connectivity index (χ0) is 21.1. The maximum atomic E-state index is 13.7. The summed E-state index contributed by atoms with van der Waals surface area (Å²) in [7, 11) is 1.63. The molecule has 0 radical (unpaired) electrons. The van der Waals surface area contributed by atoms with Gasteiger partial charge in [0.15, 0.2) is 11.5 Å². The topological polar surface area (TPSA) is 48.3 Å². The van der Waals surface area contributed by atoms with Crippen molar-refractivity contribution in [2.24, 2.45) is 0 Å². The molecule has 0 bridgehead atoms. The van der Waals surface area contributed by atoms with Crippen LogP contribution in [-0.2, 0) is 13.0 Å². The normalized spacial score (nSPS) is 15.7. The maximum Gasteiger partial charge on any atom is 0.161 e. The molecule has 0 saturated carbocycles. The van der Waals surface area contributed by atoms with Gasteiger partial charge in [0.2, 0.25) is 0 Å². The predicted molar refractivity (Wildman–Crippen MR) is 110 cm³/mol. The van der Waals surface area contributed by atoms with Crippen LogP contribution < -0.4 is 14.8 Å². The van der Waals surface area contributed by atoms with Crippen molar-refractivity contribution in [2.75, 3.05) is 13.7 Å². The Labute approximate surface area is 174 Å². The Kier molecular flexibility index (Phi) is 5.99. The van der Waals surface area contributed by atoms with Gasteiger partial charge in [0.05, 0.1) is 25.6 Å². The van der Waals surface area contributed by atoms with E-state index in [2.05, 4.69) is 10.4 Å². The minimum absolute atomic E-state index is 0.124.